The number of aromatic nitrogens is 2. The Morgan fingerprint density at radius 3 is 2.81 bits per heavy atom. The summed E-state index contributed by atoms with van der Waals surface area (Å²) in [6.07, 6.45) is 0.999. The minimum absolute atomic E-state index is 0.334. The number of ether oxygens (including phenoxy) is 3. The van der Waals surface area contributed by atoms with Gasteiger partial charge >= 0.3 is 0 Å². The molecule has 1 fully saturated rings. The summed E-state index contributed by atoms with van der Waals surface area (Å²) in [5.74, 6) is 2.72. The number of anilines is 1. The van der Waals surface area contributed by atoms with Gasteiger partial charge < -0.3 is 19.5 Å². The van der Waals surface area contributed by atoms with Crippen molar-refractivity contribution in [3.05, 3.63) is 46.9 Å². The Morgan fingerprint density at radius 2 is 2.08 bits per heavy atom. The molecule has 0 amide bonds. The van der Waals surface area contributed by atoms with Gasteiger partial charge in [0.05, 0.1) is 18.8 Å². The van der Waals surface area contributed by atoms with E-state index in [2.05, 4.69) is 41.3 Å². The van der Waals surface area contributed by atoms with Crippen molar-refractivity contribution in [1.82, 2.24) is 9.97 Å². The van der Waals surface area contributed by atoms with Crippen molar-refractivity contribution in [2.75, 3.05) is 38.8 Å². The van der Waals surface area contributed by atoms with Gasteiger partial charge in [0.1, 0.15) is 24.8 Å². The van der Waals surface area contributed by atoms with Gasteiger partial charge in [-0.05, 0) is 43.5 Å². The molecule has 1 saturated heterocycles. The summed E-state index contributed by atoms with van der Waals surface area (Å²) in [4.78, 5) is 9.13. The zero-order valence-corrected chi connectivity index (χ0v) is 15.7. The van der Waals surface area contributed by atoms with Gasteiger partial charge in [-0.2, -0.15) is 0 Å². The van der Waals surface area contributed by atoms with Gasteiger partial charge in [-0.3, -0.25) is 0 Å². The van der Waals surface area contributed by atoms with Crippen LogP contribution in [0.15, 0.2) is 24.3 Å². The second-order valence-corrected chi connectivity index (χ2v) is 6.61. The summed E-state index contributed by atoms with van der Waals surface area (Å²) in [7, 11) is 1.65. The summed E-state index contributed by atoms with van der Waals surface area (Å²) < 4.78 is 16.5. The SMILES string of the molecule is COCc1nc(NCCOc2ccc(C)c(C)c2)cc([C@H]2CCOC2)n1. The lowest BCUT2D eigenvalue weighted by molar-refractivity contribution is 0.177. The highest BCUT2D eigenvalue weighted by Crippen LogP contribution is 2.25. The van der Waals surface area contributed by atoms with E-state index in [1.54, 1.807) is 7.11 Å². The fraction of sp³-hybridized carbons (Fsp3) is 0.500. The molecule has 0 unspecified atom stereocenters. The number of nitrogens with zero attached hydrogens (tertiary/aromatic N) is 2. The third-order valence-corrected chi connectivity index (χ3v) is 4.57. The van der Waals surface area contributed by atoms with Crippen molar-refractivity contribution in [1.29, 1.82) is 0 Å². The van der Waals surface area contributed by atoms with Crippen molar-refractivity contribution in [2.45, 2.75) is 32.8 Å². The fourth-order valence-corrected chi connectivity index (χ4v) is 2.93. The zero-order valence-electron chi connectivity index (χ0n) is 15.7. The zero-order chi connectivity index (χ0) is 18.4. The molecule has 0 spiro atoms. The normalized spacial score (nSPS) is 16.7. The number of hydrogen-bond acceptors (Lipinski definition) is 6. The topological polar surface area (TPSA) is 65.5 Å². The first-order chi connectivity index (χ1) is 12.7. The fourth-order valence-electron chi connectivity index (χ4n) is 2.93. The Hall–Kier alpha value is -2.18. The van der Waals surface area contributed by atoms with E-state index in [1.165, 1.54) is 11.1 Å². The first-order valence-electron chi connectivity index (χ1n) is 9.04. The van der Waals surface area contributed by atoms with Gasteiger partial charge in [-0.1, -0.05) is 6.07 Å². The van der Waals surface area contributed by atoms with Gasteiger partial charge in [0.25, 0.3) is 0 Å². The first kappa shape index (κ1) is 18.6. The van der Waals surface area contributed by atoms with Crippen LogP contribution in [-0.2, 0) is 16.1 Å². The molecule has 6 nitrogen and oxygen atoms in total. The van der Waals surface area contributed by atoms with Crippen molar-refractivity contribution in [3.8, 4) is 5.75 Å². The summed E-state index contributed by atoms with van der Waals surface area (Å²) in [6, 6.07) is 8.15. The molecule has 140 valence electrons. The van der Waals surface area contributed by atoms with Gasteiger partial charge in [0, 0.05) is 25.7 Å². The Balaban J connectivity index is 1.58. The number of methoxy groups -OCH3 is 1. The molecule has 0 radical (unpaired) electrons. The summed E-state index contributed by atoms with van der Waals surface area (Å²) in [5.41, 5.74) is 3.52. The molecule has 0 bridgehead atoms. The minimum Gasteiger partial charge on any atom is -0.492 e. The van der Waals surface area contributed by atoms with E-state index in [1.807, 2.05) is 12.1 Å². The van der Waals surface area contributed by atoms with Gasteiger partial charge in [0.2, 0.25) is 0 Å². The quantitative estimate of drug-likeness (QED) is 0.732. The Bertz CT molecular complexity index is 730. The molecule has 0 aliphatic carbocycles. The van der Waals surface area contributed by atoms with Gasteiger partial charge in [-0.25, -0.2) is 9.97 Å². The maximum absolute atomic E-state index is 5.82. The van der Waals surface area contributed by atoms with Crippen molar-refractivity contribution >= 4 is 5.82 Å². The average Bonchev–Trinajstić information content (AvgIpc) is 3.17. The summed E-state index contributed by atoms with van der Waals surface area (Å²) in [5, 5.41) is 3.33. The largest absolute Gasteiger partial charge is 0.492 e. The van der Waals surface area contributed by atoms with Crippen LogP contribution in [0.25, 0.3) is 0 Å². The molecule has 0 saturated carbocycles. The van der Waals surface area contributed by atoms with Crippen molar-refractivity contribution in [3.63, 3.8) is 0 Å². The van der Waals surface area contributed by atoms with E-state index in [4.69, 9.17) is 14.2 Å². The Morgan fingerprint density at radius 1 is 1.19 bits per heavy atom. The first-order valence-corrected chi connectivity index (χ1v) is 9.04. The van der Waals surface area contributed by atoms with Gasteiger partial charge in [-0.15, -0.1) is 0 Å². The summed E-state index contributed by atoms with van der Waals surface area (Å²) in [6.45, 7) is 7.33. The Labute approximate surface area is 154 Å². The van der Waals surface area contributed by atoms with E-state index >= 15 is 0 Å². The third-order valence-electron chi connectivity index (χ3n) is 4.57. The average molecular weight is 357 g/mol. The van der Waals surface area contributed by atoms with E-state index in [9.17, 15) is 0 Å². The molecular formula is C20H27N3O3. The highest BCUT2D eigenvalue weighted by Gasteiger charge is 2.20. The predicted molar refractivity (Wildman–Crippen MR) is 101 cm³/mol. The number of rotatable bonds is 8. The maximum Gasteiger partial charge on any atom is 0.156 e. The molecule has 1 aromatic carbocycles. The molecule has 2 heterocycles. The molecule has 3 rings (SSSR count). The van der Waals surface area contributed by atoms with E-state index in [0.717, 1.165) is 36.9 Å². The lowest BCUT2D eigenvalue weighted by atomic mass is 10.0. The lowest BCUT2D eigenvalue weighted by Gasteiger charge is -2.13. The Kier molecular flexibility index (Phi) is 6.41. The number of hydrogen-bond donors (Lipinski definition) is 1. The lowest BCUT2D eigenvalue weighted by Crippen LogP contribution is -2.15. The molecule has 6 heteroatoms. The molecule has 1 aromatic heterocycles. The number of nitrogens with one attached hydrogen (secondary N) is 1. The third kappa shape index (κ3) is 4.93. The monoisotopic (exact) mass is 357 g/mol. The van der Waals surface area contributed by atoms with Crippen LogP contribution in [0.2, 0.25) is 0 Å². The molecule has 26 heavy (non-hydrogen) atoms. The predicted octanol–water partition coefficient (Wildman–Crippen LogP) is 3.23. The van der Waals surface area contributed by atoms with Crippen LogP contribution in [0.4, 0.5) is 5.82 Å². The highest BCUT2D eigenvalue weighted by atomic mass is 16.5. The second kappa shape index (κ2) is 8.96. The summed E-state index contributed by atoms with van der Waals surface area (Å²) >= 11 is 0. The van der Waals surface area contributed by atoms with E-state index in [-0.39, 0.29) is 0 Å². The van der Waals surface area contributed by atoms with Gasteiger partial charge in [0.15, 0.2) is 5.82 Å². The van der Waals surface area contributed by atoms with Crippen molar-refractivity contribution in [2.24, 2.45) is 0 Å². The number of benzene rings is 1. The molecule has 1 atom stereocenters. The molecule has 1 aliphatic rings. The number of aryl methyl sites for hydroxylation is 2. The van der Waals surface area contributed by atoms with Crippen molar-refractivity contribution < 1.29 is 14.2 Å². The van der Waals surface area contributed by atoms with E-state index in [0.29, 0.717) is 31.5 Å². The highest BCUT2D eigenvalue weighted by molar-refractivity contribution is 5.38. The van der Waals surface area contributed by atoms with Crippen LogP contribution in [0, 0.1) is 13.8 Å². The van der Waals surface area contributed by atoms with Crippen LogP contribution >= 0.6 is 0 Å². The molecule has 1 aliphatic heterocycles. The second-order valence-electron chi connectivity index (χ2n) is 6.61. The molecular weight excluding hydrogens is 330 g/mol. The van der Waals surface area contributed by atoms with Crippen LogP contribution < -0.4 is 10.1 Å². The van der Waals surface area contributed by atoms with Crippen LogP contribution in [-0.4, -0.2) is 43.4 Å². The molecule has 1 N–H and O–H groups in total. The molecule has 2 aromatic rings. The minimum atomic E-state index is 0.334. The van der Waals surface area contributed by atoms with Crippen LogP contribution in [0.5, 0.6) is 5.75 Å². The smallest absolute Gasteiger partial charge is 0.156 e. The van der Waals surface area contributed by atoms with Crippen LogP contribution in [0.3, 0.4) is 0 Å². The maximum atomic E-state index is 5.82. The standard InChI is InChI=1S/C20H27N3O3/c1-14-4-5-17(10-15(14)2)26-9-7-21-19-11-18(16-6-8-25-12-16)22-20(23-19)13-24-3/h4-5,10-11,16H,6-9,12-13H2,1-3H3,(H,21,22,23)/t16-/m0/s1. The van der Waals surface area contributed by atoms with E-state index < -0.39 is 0 Å². The van der Waals surface area contributed by atoms with Crippen LogP contribution in [0.1, 0.15) is 35.0 Å².